The quantitative estimate of drug-likeness (QED) is 0.200. The van der Waals surface area contributed by atoms with Crippen LogP contribution in [-0.2, 0) is 0 Å². The molecule has 0 amide bonds. The summed E-state index contributed by atoms with van der Waals surface area (Å²) in [5.41, 5.74) is 6.12. The standard InChI is InChI=1S/C28H19NO2S2/c1-14-8-15(2)24(16(3)9-14)28-29-27-23(33-28)13-19(32-27)12-22-25(30)20-10-17-6-4-5-7-18(17)11-21(20)26(22)31/h4-13H,1-3H3. The van der Waals surface area contributed by atoms with Gasteiger partial charge in [-0.05, 0) is 66.9 Å². The summed E-state index contributed by atoms with van der Waals surface area (Å²) in [7, 11) is 0. The summed E-state index contributed by atoms with van der Waals surface area (Å²) in [4.78, 5) is 32.8. The molecule has 5 heteroatoms. The van der Waals surface area contributed by atoms with Crippen LogP contribution >= 0.6 is 22.7 Å². The molecule has 6 rings (SSSR count). The van der Waals surface area contributed by atoms with Crippen molar-refractivity contribution in [2.45, 2.75) is 20.8 Å². The number of aryl methyl sites for hydroxylation is 3. The fourth-order valence-corrected chi connectivity index (χ4v) is 7.07. The molecule has 2 aromatic heterocycles. The lowest BCUT2D eigenvalue weighted by molar-refractivity contribution is 0.0990. The SMILES string of the molecule is Cc1cc(C)c(-c2nc3sc(C=C4C(=O)c5cc6ccccc6cc5C4=O)cc3s2)c(C)c1. The molecule has 33 heavy (non-hydrogen) atoms. The summed E-state index contributed by atoms with van der Waals surface area (Å²) in [6, 6.07) is 17.9. The lowest BCUT2D eigenvalue weighted by Gasteiger charge is -2.08. The number of allylic oxidation sites excluding steroid dienone is 1. The second-order valence-electron chi connectivity index (χ2n) is 8.57. The molecule has 160 valence electrons. The predicted molar refractivity (Wildman–Crippen MR) is 138 cm³/mol. The molecule has 5 aromatic rings. The molecule has 0 fully saturated rings. The van der Waals surface area contributed by atoms with Crippen LogP contribution in [0.15, 0.2) is 60.2 Å². The highest BCUT2D eigenvalue weighted by Gasteiger charge is 2.33. The summed E-state index contributed by atoms with van der Waals surface area (Å²) >= 11 is 3.17. The third-order valence-electron chi connectivity index (χ3n) is 6.15. The fourth-order valence-electron chi connectivity index (χ4n) is 4.73. The highest BCUT2D eigenvalue weighted by Crippen LogP contribution is 2.39. The van der Waals surface area contributed by atoms with E-state index in [9.17, 15) is 9.59 Å². The van der Waals surface area contributed by atoms with Crippen molar-refractivity contribution in [2.24, 2.45) is 0 Å². The molecule has 0 spiro atoms. The second-order valence-corrected chi connectivity index (χ2v) is 10.7. The molecule has 0 radical (unpaired) electrons. The van der Waals surface area contributed by atoms with E-state index >= 15 is 0 Å². The first-order valence-corrected chi connectivity index (χ1v) is 12.3. The van der Waals surface area contributed by atoms with Crippen LogP contribution in [0.25, 0.3) is 36.9 Å². The van der Waals surface area contributed by atoms with Crippen LogP contribution in [-0.4, -0.2) is 16.6 Å². The van der Waals surface area contributed by atoms with Crippen molar-refractivity contribution in [3.63, 3.8) is 0 Å². The van der Waals surface area contributed by atoms with Gasteiger partial charge in [-0.15, -0.1) is 22.7 Å². The first-order valence-electron chi connectivity index (χ1n) is 10.7. The van der Waals surface area contributed by atoms with Crippen molar-refractivity contribution in [1.29, 1.82) is 0 Å². The Labute approximate surface area is 199 Å². The summed E-state index contributed by atoms with van der Waals surface area (Å²) < 4.78 is 1.07. The lowest BCUT2D eigenvalue weighted by Crippen LogP contribution is -1.99. The van der Waals surface area contributed by atoms with Gasteiger partial charge in [0.2, 0.25) is 0 Å². The molecule has 1 aliphatic carbocycles. The Morgan fingerprint density at radius 3 is 1.97 bits per heavy atom. The Hall–Kier alpha value is -3.41. The molecule has 0 aliphatic heterocycles. The zero-order valence-electron chi connectivity index (χ0n) is 18.4. The molecule has 0 saturated heterocycles. The number of thiazole rings is 1. The smallest absolute Gasteiger partial charge is 0.197 e. The molecule has 3 aromatic carbocycles. The van der Waals surface area contributed by atoms with E-state index in [4.69, 9.17) is 4.98 Å². The summed E-state index contributed by atoms with van der Waals surface area (Å²) in [5, 5.41) is 2.94. The minimum atomic E-state index is -0.197. The van der Waals surface area contributed by atoms with E-state index in [-0.39, 0.29) is 17.1 Å². The first-order chi connectivity index (χ1) is 15.9. The van der Waals surface area contributed by atoms with Crippen LogP contribution in [0.2, 0.25) is 0 Å². The average molecular weight is 466 g/mol. The molecule has 0 N–H and O–H groups in total. The number of hydrogen-bond donors (Lipinski definition) is 0. The number of aromatic nitrogens is 1. The number of hydrogen-bond acceptors (Lipinski definition) is 5. The zero-order chi connectivity index (χ0) is 22.9. The van der Waals surface area contributed by atoms with E-state index in [1.165, 1.54) is 33.6 Å². The Morgan fingerprint density at radius 1 is 0.788 bits per heavy atom. The van der Waals surface area contributed by atoms with E-state index in [0.717, 1.165) is 30.2 Å². The van der Waals surface area contributed by atoms with Crippen LogP contribution in [0, 0.1) is 20.8 Å². The average Bonchev–Trinajstić information content (AvgIpc) is 3.39. The van der Waals surface area contributed by atoms with Crippen molar-refractivity contribution < 1.29 is 9.59 Å². The van der Waals surface area contributed by atoms with Crippen molar-refractivity contribution in [2.75, 3.05) is 0 Å². The van der Waals surface area contributed by atoms with Gasteiger partial charge in [0, 0.05) is 21.6 Å². The van der Waals surface area contributed by atoms with Gasteiger partial charge in [-0.25, -0.2) is 4.98 Å². The molecule has 0 bridgehead atoms. The number of ketones is 2. The molecule has 0 atom stereocenters. The molecule has 0 saturated carbocycles. The van der Waals surface area contributed by atoms with Gasteiger partial charge in [0.15, 0.2) is 11.6 Å². The van der Waals surface area contributed by atoms with Crippen molar-refractivity contribution in [1.82, 2.24) is 4.98 Å². The maximum Gasteiger partial charge on any atom is 0.197 e. The van der Waals surface area contributed by atoms with Gasteiger partial charge in [0.1, 0.15) is 9.84 Å². The Kier molecular flexibility index (Phi) is 4.47. The fraction of sp³-hybridized carbons (Fsp3) is 0.107. The lowest BCUT2D eigenvalue weighted by atomic mass is 10.0. The molecular weight excluding hydrogens is 446 g/mol. The van der Waals surface area contributed by atoms with Gasteiger partial charge in [-0.1, -0.05) is 42.0 Å². The monoisotopic (exact) mass is 465 g/mol. The minimum Gasteiger partial charge on any atom is -0.288 e. The predicted octanol–water partition coefficient (Wildman–Crippen LogP) is 7.57. The highest BCUT2D eigenvalue weighted by atomic mass is 32.1. The van der Waals surface area contributed by atoms with Gasteiger partial charge in [-0.2, -0.15) is 0 Å². The number of rotatable bonds is 2. The minimum absolute atomic E-state index is 0.197. The number of carbonyl (C=O) groups is 2. The maximum absolute atomic E-state index is 13.1. The van der Waals surface area contributed by atoms with Gasteiger partial charge in [0.25, 0.3) is 0 Å². The maximum atomic E-state index is 13.1. The Balaban J connectivity index is 1.39. The molecule has 1 aliphatic rings. The zero-order valence-corrected chi connectivity index (χ0v) is 20.0. The van der Waals surface area contributed by atoms with Crippen molar-refractivity contribution >= 4 is 60.6 Å². The number of carbonyl (C=O) groups excluding carboxylic acids is 2. The molecular formula is C28H19NO2S2. The topological polar surface area (TPSA) is 47.0 Å². The van der Waals surface area contributed by atoms with Gasteiger partial charge >= 0.3 is 0 Å². The largest absolute Gasteiger partial charge is 0.288 e. The van der Waals surface area contributed by atoms with Crippen molar-refractivity contribution in [3.05, 3.63) is 92.9 Å². The third-order valence-corrected chi connectivity index (χ3v) is 8.28. The van der Waals surface area contributed by atoms with Crippen LogP contribution in [0.3, 0.4) is 0 Å². The third kappa shape index (κ3) is 3.19. The summed E-state index contributed by atoms with van der Waals surface area (Å²) in [5.74, 6) is -0.394. The van der Waals surface area contributed by atoms with E-state index in [0.29, 0.717) is 11.1 Å². The van der Waals surface area contributed by atoms with Gasteiger partial charge in [-0.3, -0.25) is 9.59 Å². The molecule has 3 nitrogen and oxygen atoms in total. The van der Waals surface area contributed by atoms with E-state index in [2.05, 4.69) is 32.9 Å². The normalized spacial score (nSPS) is 13.4. The first kappa shape index (κ1) is 20.2. The number of thiophene rings is 1. The van der Waals surface area contributed by atoms with Crippen molar-refractivity contribution in [3.8, 4) is 10.6 Å². The number of benzene rings is 3. The number of nitrogens with zero attached hydrogens (tertiary/aromatic N) is 1. The van der Waals surface area contributed by atoms with Gasteiger partial charge in [0.05, 0.1) is 10.3 Å². The van der Waals surface area contributed by atoms with Crippen LogP contribution < -0.4 is 0 Å². The summed E-state index contributed by atoms with van der Waals surface area (Å²) in [6.45, 7) is 6.36. The number of Topliss-reactive ketones (excluding diaryl/α,β-unsaturated/α-hetero) is 2. The Morgan fingerprint density at radius 2 is 1.39 bits per heavy atom. The Bertz CT molecular complexity index is 1570. The van der Waals surface area contributed by atoms with E-state index in [1.807, 2.05) is 42.5 Å². The summed E-state index contributed by atoms with van der Waals surface area (Å²) in [6.07, 6.45) is 1.73. The van der Waals surface area contributed by atoms with Crippen LogP contribution in [0.4, 0.5) is 0 Å². The van der Waals surface area contributed by atoms with Crippen LogP contribution in [0.5, 0.6) is 0 Å². The molecule has 0 unspecified atom stereocenters. The molecule has 2 heterocycles. The number of fused-ring (bicyclic) bond motifs is 3. The second kappa shape index (κ2) is 7.30. The van der Waals surface area contributed by atoms with Crippen LogP contribution in [0.1, 0.15) is 42.3 Å². The van der Waals surface area contributed by atoms with E-state index < -0.39 is 0 Å². The van der Waals surface area contributed by atoms with Gasteiger partial charge < -0.3 is 0 Å². The highest BCUT2D eigenvalue weighted by molar-refractivity contribution is 7.29. The van der Waals surface area contributed by atoms with E-state index in [1.54, 1.807) is 17.4 Å².